The van der Waals surface area contributed by atoms with Gasteiger partial charge >= 0.3 is 0 Å². The number of anilines is 1. The Balaban J connectivity index is 1.88. The first-order chi connectivity index (χ1) is 8.74. The maximum absolute atomic E-state index is 3.69. The van der Waals surface area contributed by atoms with Crippen LogP contribution in [0, 0.1) is 0 Å². The second kappa shape index (κ2) is 6.79. The monoisotopic (exact) mass is 246 g/mol. The predicted octanol–water partition coefficient (Wildman–Crippen LogP) is 3.88. The van der Waals surface area contributed by atoms with Gasteiger partial charge in [0.2, 0.25) is 0 Å². The maximum atomic E-state index is 3.69. The molecule has 18 heavy (non-hydrogen) atoms. The van der Waals surface area contributed by atoms with E-state index in [0.717, 1.165) is 6.54 Å². The molecule has 1 fully saturated rings. The zero-order valence-electron chi connectivity index (χ0n) is 11.8. The van der Waals surface area contributed by atoms with Crippen molar-refractivity contribution in [3.8, 4) is 0 Å². The highest BCUT2D eigenvalue weighted by atomic mass is 15.0. The van der Waals surface area contributed by atoms with E-state index in [1.54, 1.807) is 0 Å². The molecule has 0 radical (unpaired) electrons. The summed E-state index contributed by atoms with van der Waals surface area (Å²) in [6, 6.07) is 9.61. The second-order valence-corrected chi connectivity index (χ2v) is 5.77. The Morgan fingerprint density at radius 2 is 1.61 bits per heavy atom. The average molecular weight is 246 g/mol. The fourth-order valence-electron chi connectivity index (χ4n) is 2.73. The third-order valence-corrected chi connectivity index (χ3v) is 3.68. The summed E-state index contributed by atoms with van der Waals surface area (Å²) < 4.78 is 0. The summed E-state index contributed by atoms with van der Waals surface area (Å²) in [7, 11) is 4.22. The third kappa shape index (κ3) is 4.34. The van der Waals surface area contributed by atoms with Crippen LogP contribution in [0.2, 0.25) is 0 Å². The van der Waals surface area contributed by atoms with E-state index in [9.17, 15) is 0 Å². The van der Waals surface area contributed by atoms with E-state index in [4.69, 9.17) is 0 Å². The molecule has 0 amide bonds. The maximum Gasteiger partial charge on any atom is 0.0342 e. The smallest absolute Gasteiger partial charge is 0.0342 e. The molecule has 0 aromatic heterocycles. The van der Waals surface area contributed by atoms with Gasteiger partial charge in [0.05, 0.1) is 0 Å². The lowest BCUT2D eigenvalue weighted by Gasteiger charge is -2.18. The normalized spacial score (nSPS) is 17.7. The summed E-state index contributed by atoms with van der Waals surface area (Å²) in [5.41, 5.74) is 2.66. The highest BCUT2D eigenvalue weighted by molar-refractivity contribution is 5.45. The number of rotatable bonds is 4. The van der Waals surface area contributed by atoms with Crippen LogP contribution in [0.15, 0.2) is 24.3 Å². The molecule has 2 nitrogen and oxygen atoms in total. The van der Waals surface area contributed by atoms with Crippen molar-refractivity contribution >= 4 is 5.69 Å². The SMILES string of the molecule is CN(C)Cc1ccc(NC2CCCCCC2)cc1. The van der Waals surface area contributed by atoms with Gasteiger partial charge in [-0.1, -0.05) is 37.8 Å². The number of hydrogen-bond donors (Lipinski definition) is 1. The topological polar surface area (TPSA) is 15.3 Å². The van der Waals surface area contributed by atoms with Crippen molar-refractivity contribution in [3.63, 3.8) is 0 Å². The van der Waals surface area contributed by atoms with Crippen LogP contribution in [0.1, 0.15) is 44.1 Å². The minimum absolute atomic E-state index is 0.687. The van der Waals surface area contributed by atoms with Crippen molar-refractivity contribution in [1.82, 2.24) is 4.90 Å². The van der Waals surface area contributed by atoms with Crippen molar-refractivity contribution in [1.29, 1.82) is 0 Å². The Kier molecular flexibility index (Phi) is 5.06. The van der Waals surface area contributed by atoms with Crippen molar-refractivity contribution in [2.24, 2.45) is 0 Å². The van der Waals surface area contributed by atoms with E-state index in [1.165, 1.54) is 49.8 Å². The van der Waals surface area contributed by atoms with Gasteiger partial charge in [0.25, 0.3) is 0 Å². The molecule has 0 heterocycles. The van der Waals surface area contributed by atoms with Crippen molar-refractivity contribution in [2.75, 3.05) is 19.4 Å². The Hall–Kier alpha value is -1.02. The van der Waals surface area contributed by atoms with Gasteiger partial charge in [-0.05, 0) is 44.6 Å². The van der Waals surface area contributed by atoms with Crippen LogP contribution in [0.25, 0.3) is 0 Å². The highest BCUT2D eigenvalue weighted by Gasteiger charge is 2.11. The fourth-order valence-corrected chi connectivity index (χ4v) is 2.73. The second-order valence-electron chi connectivity index (χ2n) is 5.77. The molecule has 1 aromatic carbocycles. The number of hydrogen-bond acceptors (Lipinski definition) is 2. The average Bonchev–Trinajstić information content (AvgIpc) is 2.60. The molecule has 0 aliphatic heterocycles. The van der Waals surface area contributed by atoms with Crippen molar-refractivity contribution in [3.05, 3.63) is 29.8 Å². The molecule has 0 saturated heterocycles. The van der Waals surface area contributed by atoms with Crippen LogP contribution < -0.4 is 5.32 Å². The summed E-state index contributed by atoms with van der Waals surface area (Å²) in [4.78, 5) is 2.20. The Morgan fingerprint density at radius 1 is 1.00 bits per heavy atom. The molecule has 1 aliphatic rings. The zero-order chi connectivity index (χ0) is 12.8. The van der Waals surface area contributed by atoms with Crippen LogP contribution in [0.5, 0.6) is 0 Å². The molecule has 0 unspecified atom stereocenters. The van der Waals surface area contributed by atoms with E-state index in [0.29, 0.717) is 6.04 Å². The van der Waals surface area contributed by atoms with Gasteiger partial charge in [-0.15, -0.1) is 0 Å². The first kappa shape index (κ1) is 13.4. The van der Waals surface area contributed by atoms with Gasteiger partial charge in [0.15, 0.2) is 0 Å². The molecule has 1 aliphatic carbocycles. The molecule has 1 N–H and O–H groups in total. The molecule has 2 heteroatoms. The fraction of sp³-hybridized carbons (Fsp3) is 0.625. The number of nitrogens with zero attached hydrogens (tertiary/aromatic N) is 1. The third-order valence-electron chi connectivity index (χ3n) is 3.68. The van der Waals surface area contributed by atoms with Crippen LogP contribution in [-0.2, 0) is 6.54 Å². The standard InChI is InChI=1S/C16H26N2/c1-18(2)13-14-9-11-16(12-10-14)17-15-7-5-3-4-6-8-15/h9-12,15,17H,3-8,13H2,1-2H3. The van der Waals surface area contributed by atoms with Gasteiger partial charge in [-0.3, -0.25) is 0 Å². The van der Waals surface area contributed by atoms with Gasteiger partial charge in [0, 0.05) is 18.3 Å². The van der Waals surface area contributed by atoms with E-state index in [2.05, 4.69) is 48.6 Å². The zero-order valence-corrected chi connectivity index (χ0v) is 11.8. The lowest BCUT2D eigenvalue weighted by molar-refractivity contribution is 0.402. The van der Waals surface area contributed by atoms with Gasteiger partial charge in [-0.25, -0.2) is 0 Å². The van der Waals surface area contributed by atoms with Crippen molar-refractivity contribution < 1.29 is 0 Å². The molecular formula is C16H26N2. The molecule has 1 aromatic rings. The van der Waals surface area contributed by atoms with Crippen LogP contribution in [0.3, 0.4) is 0 Å². The minimum Gasteiger partial charge on any atom is -0.382 e. The quantitative estimate of drug-likeness (QED) is 0.811. The van der Waals surface area contributed by atoms with Crippen molar-refractivity contribution in [2.45, 2.75) is 51.1 Å². The summed E-state index contributed by atoms with van der Waals surface area (Å²) in [5, 5.41) is 3.69. The first-order valence-electron chi connectivity index (χ1n) is 7.24. The first-order valence-corrected chi connectivity index (χ1v) is 7.24. The molecule has 1 saturated carbocycles. The lowest BCUT2D eigenvalue weighted by atomic mass is 10.1. The van der Waals surface area contributed by atoms with Crippen LogP contribution >= 0.6 is 0 Å². The van der Waals surface area contributed by atoms with E-state index in [1.807, 2.05) is 0 Å². The van der Waals surface area contributed by atoms with Crippen LogP contribution in [-0.4, -0.2) is 25.0 Å². The summed E-state index contributed by atoms with van der Waals surface area (Å²) in [6.45, 7) is 1.02. The lowest BCUT2D eigenvalue weighted by Crippen LogP contribution is -2.18. The van der Waals surface area contributed by atoms with Gasteiger partial charge in [0.1, 0.15) is 0 Å². The number of benzene rings is 1. The van der Waals surface area contributed by atoms with Crippen LogP contribution in [0.4, 0.5) is 5.69 Å². The molecule has 100 valence electrons. The largest absolute Gasteiger partial charge is 0.382 e. The molecular weight excluding hydrogens is 220 g/mol. The molecule has 0 spiro atoms. The Labute approximate surface area is 111 Å². The molecule has 2 rings (SSSR count). The Bertz CT molecular complexity index is 335. The van der Waals surface area contributed by atoms with E-state index in [-0.39, 0.29) is 0 Å². The predicted molar refractivity (Wildman–Crippen MR) is 78.9 cm³/mol. The van der Waals surface area contributed by atoms with E-state index >= 15 is 0 Å². The summed E-state index contributed by atoms with van der Waals surface area (Å²) >= 11 is 0. The van der Waals surface area contributed by atoms with E-state index < -0.39 is 0 Å². The highest BCUT2D eigenvalue weighted by Crippen LogP contribution is 2.21. The minimum atomic E-state index is 0.687. The Morgan fingerprint density at radius 3 is 2.17 bits per heavy atom. The van der Waals surface area contributed by atoms with Gasteiger partial charge in [-0.2, -0.15) is 0 Å². The summed E-state index contributed by atoms with van der Waals surface area (Å²) in [6.07, 6.45) is 8.27. The molecule has 0 atom stereocenters. The summed E-state index contributed by atoms with van der Waals surface area (Å²) in [5.74, 6) is 0. The molecule has 0 bridgehead atoms. The number of nitrogens with one attached hydrogen (secondary N) is 1. The van der Waals surface area contributed by atoms with Gasteiger partial charge < -0.3 is 10.2 Å².